The summed E-state index contributed by atoms with van der Waals surface area (Å²) >= 11 is 0. The molecule has 0 atom stereocenters. The van der Waals surface area contributed by atoms with Crippen LogP contribution in [0.3, 0.4) is 0 Å². The molecule has 1 aromatic rings. The van der Waals surface area contributed by atoms with Gasteiger partial charge in [0.25, 0.3) is 0 Å². The van der Waals surface area contributed by atoms with Gasteiger partial charge in [-0.2, -0.15) is 0 Å². The zero-order chi connectivity index (χ0) is 15.7. The van der Waals surface area contributed by atoms with E-state index < -0.39 is 0 Å². The Labute approximate surface area is 128 Å². The van der Waals surface area contributed by atoms with Crippen molar-refractivity contribution in [1.29, 1.82) is 0 Å². The van der Waals surface area contributed by atoms with Crippen LogP contribution in [-0.4, -0.2) is 0 Å². The summed E-state index contributed by atoms with van der Waals surface area (Å²) in [6, 6.07) is 8.27. The summed E-state index contributed by atoms with van der Waals surface area (Å²) in [5, 5.41) is 0. The van der Waals surface area contributed by atoms with Crippen LogP contribution in [0, 0.1) is 0 Å². The van der Waals surface area contributed by atoms with Crippen LogP contribution in [0.2, 0.25) is 0 Å². The van der Waals surface area contributed by atoms with Crippen molar-refractivity contribution in [2.24, 2.45) is 5.73 Å². The first kappa shape index (κ1) is 16.8. The number of allylic oxidation sites excluding steroid dienone is 7. The maximum Gasteiger partial charge on any atom is 0.0385 e. The Kier molecular flexibility index (Phi) is 7.03. The van der Waals surface area contributed by atoms with Gasteiger partial charge in [0.05, 0.1) is 0 Å². The average molecular weight is 279 g/mol. The predicted molar refractivity (Wildman–Crippen MR) is 95.6 cm³/mol. The van der Waals surface area contributed by atoms with Gasteiger partial charge < -0.3 is 5.73 Å². The van der Waals surface area contributed by atoms with E-state index in [4.69, 9.17) is 5.73 Å². The number of hydrogen-bond acceptors (Lipinski definition) is 1. The van der Waals surface area contributed by atoms with Crippen LogP contribution in [0.5, 0.6) is 0 Å². The third-order valence-electron chi connectivity index (χ3n) is 3.32. The van der Waals surface area contributed by atoms with E-state index >= 15 is 0 Å². The lowest BCUT2D eigenvalue weighted by atomic mass is 10.0. The molecule has 0 heterocycles. The van der Waals surface area contributed by atoms with E-state index in [1.165, 1.54) is 5.57 Å². The summed E-state index contributed by atoms with van der Waals surface area (Å²) in [7, 11) is 0. The van der Waals surface area contributed by atoms with Crippen molar-refractivity contribution in [2.45, 2.75) is 26.7 Å². The Morgan fingerprint density at radius 3 is 2.00 bits per heavy atom. The summed E-state index contributed by atoms with van der Waals surface area (Å²) in [5.41, 5.74) is 11.7. The van der Waals surface area contributed by atoms with Gasteiger partial charge in [-0.15, -0.1) is 0 Å². The molecule has 0 aliphatic heterocycles. The highest BCUT2D eigenvalue weighted by molar-refractivity contribution is 5.76. The Balaban J connectivity index is 0.00000106. The first-order valence-corrected chi connectivity index (χ1v) is 7.44. The van der Waals surface area contributed by atoms with Gasteiger partial charge in [0.15, 0.2) is 0 Å². The monoisotopic (exact) mass is 279 g/mol. The van der Waals surface area contributed by atoms with Crippen LogP contribution >= 0.6 is 0 Å². The second-order valence-electron chi connectivity index (χ2n) is 4.54. The largest absolute Gasteiger partial charge is 0.398 e. The van der Waals surface area contributed by atoms with Gasteiger partial charge in [0.1, 0.15) is 0 Å². The quantitative estimate of drug-likeness (QED) is 0.572. The van der Waals surface area contributed by atoms with E-state index in [1.807, 2.05) is 26.0 Å². The summed E-state index contributed by atoms with van der Waals surface area (Å²) in [6.07, 6.45) is 11.8. The van der Waals surface area contributed by atoms with Crippen molar-refractivity contribution in [2.75, 3.05) is 0 Å². The molecule has 0 unspecified atom stereocenters. The van der Waals surface area contributed by atoms with Gasteiger partial charge >= 0.3 is 0 Å². The molecule has 0 bridgehead atoms. The van der Waals surface area contributed by atoms with Gasteiger partial charge in [-0.05, 0) is 35.1 Å². The van der Waals surface area contributed by atoms with Gasteiger partial charge in [-0.1, -0.05) is 81.7 Å². The molecule has 1 nitrogen and oxygen atoms in total. The van der Waals surface area contributed by atoms with Crippen LogP contribution in [0.4, 0.5) is 0 Å². The van der Waals surface area contributed by atoms with Crippen molar-refractivity contribution in [3.05, 3.63) is 84.5 Å². The summed E-state index contributed by atoms with van der Waals surface area (Å²) in [5.74, 6) is 0. The molecule has 1 aliphatic carbocycles. The molecule has 1 heteroatoms. The molecule has 0 amide bonds. The molecule has 0 radical (unpaired) electrons. The first-order valence-electron chi connectivity index (χ1n) is 7.44. The van der Waals surface area contributed by atoms with Gasteiger partial charge in [-0.25, -0.2) is 0 Å². The van der Waals surface area contributed by atoms with Crippen molar-refractivity contribution in [1.82, 2.24) is 0 Å². The van der Waals surface area contributed by atoms with Crippen molar-refractivity contribution < 1.29 is 0 Å². The Morgan fingerprint density at radius 1 is 1.00 bits per heavy atom. The van der Waals surface area contributed by atoms with E-state index in [-0.39, 0.29) is 0 Å². The summed E-state index contributed by atoms with van der Waals surface area (Å²) in [6.45, 7) is 11.5. The van der Waals surface area contributed by atoms with E-state index in [1.54, 1.807) is 6.08 Å². The molecule has 2 N–H and O–H groups in total. The molecular weight excluding hydrogens is 254 g/mol. The Bertz CT molecular complexity index is 558. The number of hydrogen-bond donors (Lipinski definition) is 1. The van der Waals surface area contributed by atoms with E-state index in [0.717, 1.165) is 35.2 Å². The van der Waals surface area contributed by atoms with Crippen LogP contribution < -0.4 is 5.73 Å². The zero-order valence-electron chi connectivity index (χ0n) is 13.1. The highest BCUT2D eigenvalue weighted by Gasteiger charge is 2.07. The molecule has 0 spiro atoms. The first-order chi connectivity index (χ1) is 10.3. The lowest BCUT2D eigenvalue weighted by Gasteiger charge is -2.08. The standard InChI is InChI=1S/C18H19N.C2H6/c1-3-7-14(4-2)15-10-12-17(13-11-15)18(19)16-8-5-6-9-16;1-2/h3-7,10-13H,1-2,8-9,19H2;1-2H3/b14-7+;. The maximum atomic E-state index is 6.21. The zero-order valence-corrected chi connectivity index (χ0v) is 13.1. The minimum atomic E-state index is 0.907. The van der Waals surface area contributed by atoms with Crippen LogP contribution in [0.1, 0.15) is 37.8 Å². The lowest BCUT2D eigenvalue weighted by molar-refractivity contribution is 1.18. The van der Waals surface area contributed by atoms with Crippen molar-refractivity contribution >= 4 is 11.3 Å². The van der Waals surface area contributed by atoms with Gasteiger partial charge in [0, 0.05) is 5.70 Å². The smallest absolute Gasteiger partial charge is 0.0385 e. The molecule has 110 valence electrons. The second kappa shape index (κ2) is 8.80. The topological polar surface area (TPSA) is 26.0 Å². The fourth-order valence-electron chi connectivity index (χ4n) is 2.21. The van der Waals surface area contributed by atoms with Crippen LogP contribution in [-0.2, 0) is 0 Å². The molecule has 0 saturated carbocycles. The molecular formula is C20H25N. The second-order valence-corrected chi connectivity index (χ2v) is 4.54. The molecule has 1 aliphatic rings. The Morgan fingerprint density at radius 2 is 1.52 bits per heavy atom. The van der Waals surface area contributed by atoms with Gasteiger partial charge in [0.2, 0.25) is 0 Å². The number of rotatable bonds is 4. The normalized spacial score (nSPS) is 13.4. The molecule has 0 fully saturated rings. The minimum absolute atomic E-state index is 0.907. The Hall–Kier alpha value is -2.28. The minimum Gasteiger partial charge on any atom is -0.398 e. The third kappa shape index (κ3) is 4.35. The third-order valence-corrected chi connectivity index (χ3v) is 3.32. The molecule has 0 saturated heterocycles. The van der Waals surface area contributed by atoms with E-state index in [9.17, 15) is 0 Å². The number of nitrogens with two attached hydrogens (primary N) is 1. The fourth-order valence-corrected chi connectivity index (χ4v) is 2.21. The molecule has 21 heavy (non-hydrogen) atoms. The highest BCUT2D eigenvalue weighted by Crippen LogP contribution is 2.25. The average Bonchev–Trinajstić information content (AvgIpc) is 3.08. The van der Waals surface area contributed by atoms with Crippen LogP contribution in [0.25, 0.3) is 11.3 Å². The lowest BCUT2D eigenvalue weighted by Crippen LogP contribution is -2.00. The van der Waals surface area contributed by atoms with E-state index in [2.05, 4.69) is 49.6 Å². The molecule has 2 rings (SSSR count). The molecule has 1 aromatic carbocycles. The van der Waals surface area contributed by atoms with E-state index in [0.29, 0.717) is 0 Å². The SMILES string of the molecule is C=C/C=C(\C=C)c1ccc(C(N)=C2CC=CC2)cc1.CC. The predicted octanol–water partition coefficient (Wildman–Crippen LogP) is 5.49. The maximum absolute atomic E-state index is 6.21. The van der Waals surface area contributed by atoms with Crippen LogP contribution in [0.15, 0.2) is 73.4 Å². The molecule has 0 aromatic heterocycles. The van der Waals surface area contributed by atoms with Gasteiger partial charge in [-0.3, -0.25) is 0 Å². The van der Waals surface area contributed by atoms with Crippen molar-refractivity contribution in [3.8, 4) is 0 Å². The highest BCUT2D eigenvalue weighted by atomic mass is 14.6. The number of benzene rings is 1. The van der Waals surface area contributed by atoms with Crippen molar-refractivity contribution in [3.63, 3.8) is 0 Å². The summed E-state index contributed by atoms with van der Waals surface area (Å²) in [4.78, 5) is 0. The summed E-state index contributed by atoms with van der Waals surface area (Å²) < 4.78 is 0. The fraction of sp³-hybridized carbons (Fsp3) is 0.200.